The number of rotatable bonds is 0. The number of fused-ring (bicyclic) bond motifs is 1. The van der Waals surface area contributed by atoms with E-state index in [1.54, 1.807) is 0 Å². The predicted molar refractivity (Wildman–Crippen MR) is 55.1 cm³/mol. The summed E-state index contributed by atoms with van der Waals surface area (Å²) in [5.41, 5.74) is 0. The van der Waals surface area contributed by atoms with Gasteiger partial charge in [0, 0.05) is 11.9 Å². The topological polar surface area (TPSA) is 21.6 Å². The van der Waals surface area contributed by atoms with Gasteiger partial charge in [-0.3, -0.25) is 4.99 Å². The van der Waals surface area contributed by atoms with E-state index in [-0.39, 0.29) is 0 Å². The van der Waals surface area contributed by atoms with Gasteiger partial charge in [-0.2, -0.15) is 0 Å². The molecular weight excluding hydrogens is 170 g/mol. The third kappa shape index (κ3) is 2.23. The van der Waals surface area contributed by atoms with E-state index in [1.165, 1.54) is 11.5 Å². The number of ether oxygens (including phenoxy) is 1. The van der Waals surface area contributed by atoms with E-state index in [1.807, 2.05) is 25.6 Å². The lowest BCUT2D eigenvalue weighted by Crippen LogP contribution is -2.30. The minimum Gasteiger partial charge on any atom is -0.379 e. The first-order valence-corrected chi connectivity index (χ1v) is 5.53. The highest BCUT2D eigenvalue weighted by Crippen LogP contribution is 2.31. The maximum Gasteiger partial charge on any atom is 0.0865 e. The predicted octanol–water partition coefficient (Wildman–Crippen LogP) is 2.34. The summed E-state index contributed by atoms with van der Waals surface area (Å²) in [7, 11) is 0. The Morgan fingerprint density at radius 3 is 2.92 bits per heavy atom. The second kappa shape index (κ2) is 4.87. The van der Waals surface area contributed by atoms with Crippen molar-refractivity contribution in [2.45, 2.75) is 38.5 Å². The first-order valence-electron chi connectivity index (χ1n) is 4.65. The number of thioether (sulfide) groups is 1. The Morgan fingerprint density at radius 1 is 1.50 bits per heavy atom. The van der Waals surface area contributed by atoms with Gasteiger partial charge in [0.15, 0.2) is 0 Å². The van der Waals surface area contributed by atoms with Gasteiger partial charge in [-0.25, -0.2) is 0 Å². The Kier molecular flexibility index (Phi) is 4.09. The second-order valence-electron chi connectivity index (χ2n) is 2.74. The maximum atomic E-state index is 5.31. The molecule has 2 nitrogen and oxygen atoms in total. The average Bonchev–Trinajstić information content (AvgIpc) is 2.48. The molecule has 0 aromatic carbocycles. The highest BCUT2D eigenvalue weighted by molar-refractivity contribution is 8.14. The molecule has 0 aromatic rings. The largest absolute Gasteiger partial charge is 0.379 e. The average molecular weight is 187 g/mol. The van der Waals surface area contributed by atoms with Gasteiger partial charge in [-0.15, -0.1) is 11.8 Å². The molecule has 0 aromatic heterocycles. The Hall–Kier alpha value is -0.0200. The van der Waals surface area contributed by atoms with Crippen molar-refractivity contribution in [1.29, 1.82) is 0 Å². The van der Waals surface area contributed by atoms with Crippen LogP contribution in [0.1, 0.15) is 27.2 Å². The van der Waals surface area contributed by atoms with Crippen molar-refractivity contribution < 1.29 is 4.74 Å². The standard InChI is InChI=1S/C7H11NOS.C2H6/c1-5-8-6-4-9-3-2-7(6)10-5;1-2/h6-7H,2-4H2,1H3;1-2H3. The fourth-order valence-corrected chi connectivity index (χ4v) is 2.59. The number of nitrogens with zero attached hydrogens (tertiary/aromatic N) is 1. The molecule has 2 heterocycles. The Morgan fingerprint density at radius 2 is 2.25 bits per heavy atom. The zero-order valence-electron chi connectivity index (χ0n) is 8.04. The summed E-state index contributed by atoms with van der Waals surface area (Å²) in [6.07, 6.45) is 1.18. The van der Waals surface area contributed by atoms with Crippen molar-refractivity contribution in [3.8, 4) is 0 Å². The summed E-state index contributed by atoms with van der Waals surface area (Å²) in [4.78, 5) is 4.47. The first-order chi connectivity index (χ1) is 5.86. The molecule has 0 aliphatic carbocycles. The minimum absolute atomic E-state index is 0.471. The number of hydrogen-bond donors (Lipinski definition) is 0. The van der Waals surface area contributed by atoms with Crippen LogP contribution in [0.15, 0.2) is 4.99 Å². The summed E-state index contributed by atoms with van der Waals surface area (Å²) >= 11 is 1.92. The normalized spacial score (nSPS) is 33.1. The third-order valence-electron chi connectivity index (χ3n) is 1.93. The van der Waals surface area contributed by atoms with Gasteiger partial charge in [-0.1, -0.05) is 13.8 Å². The van der Waals surface area contributed by atoms with Gasteiger partial charge in [0.1, 0.15) is 0 Å². The van der Waals surface area contributed by atoms with E-state index in [0.717, 1.165) is 18.5 Å². The summed E-state index contributed by atoms with van der Waals surface area (Å²) in [6, 6.07) is 0.471. The molecule has 0 radical (unpaired) electrons. The molecule has 2 rings (SSSR count). The highest BCUT2D eigenvalue weighted by Gasteiger charge is 2.30. The smallest absolute Gasteiger partial charge is 0.0865 e. The number of aliphatic imine (C=N–C) groups is 1. The van der Waals surface area contributed by atoms with Gasteiger partial charge >= 0.3 is 0 Å². The molecule has 0 spiro atoms. The lowest BCUT2D eigenvalue weighted by molar-refractivity contribution is 0.0876. The summed E-state index contributed by atoms with van der Waals surface area (Å²) < 4.78 is 5.31. The van der Waals surface area contributed by atoms with Crippen LogP contribution in [0.5, 0.6) is 0 Å². The fourth-order valence-electron chi connectivity index (χ4n) is 1.44. The van der Waals surface area contributed by atoms with Crippen molar-refractivity contribution in [2.75, 3.05) is 13.2 Å². The van der Waals surface area contributed by atoms with E-state index < -0.39 is 0 Å². The molecule has 1 fully saturated rings. The monoisotopic (exact) mass is 187 g/mol. The Labute approximate surface area is 78.8 Å². The van der Waals surface area contributed by atoms with Gasteiger partial charge in [0.25, 0.3) is 0 Å². The van der Waals surface area contributed by atoms with E-state index in [9.17, 15) is 0 Å². The maximum absolute atomic E-state index is 5.31. The van der Waals surface area contributed by atoms with Crippen LogP contribution in [0.25, 0.3) is 0 Å². The summed E-state index contributed by atoms with van der Waals surface area (Å²) in [6.45, 7) is 7.86. The van der Waals surface area contributed by atoms with Gasteiger partial charge in [-0.05, 0) is 13.3 Å². The first kappa shape index (κ1) is 10.1. The van der Waals surface area contributed by atoms with E-state index >= 15 is 0 Å². The fraction of sp³-hybridized carbons (Fsp3) is 0.889. The van der Waals surface area contributed by atoms with E-state index in [2.05, 4.69) is 11.9 Å². The van der Waals surface area contributed by atoms with Crippen molar-refractivity contribution in [2.24, 2.45) is 4.99 Å². The van der Waals surface area contributed by atoms with Gasteiger partial charge in [0.2, 0.25) is 0 Å². The Balaban J connectivity index is 0.000000336. The van der Waals surface area contributed by atoms with Crippen molar-refractivity contribution in [3.05, 3.63) is 0 Å². The zero-order valence-corrected chi connectivity index (χ0v) is 8.86. The van der Waals surface area contributed by atoms with Gasteiger partial charge < -0.3 is 4.74 Å². The highest BCUT2D eigenvalue weighted by atomic mass is 32.2. The lowest BCUT2D eigenvalue weighted by atomic mass is 10.1. The van der Waals surface area contributed by atoms with Crippen LogP contribution in [0.3, 0.4) is 0 Å². The van der Waals surface area contributed by atoms with E-state index in [0.29, 0.717) is 6.04 Å². The molecule has 12 heavy (non-hydrogen) atoms. The van der Waals surface area contributed by atoms with Gasteiger partial charge in [0.05, 0.1) is 17.7 Å². The molecule has 2 unspecified atom stereocenters. The Bertz CT molecular complexity index is 170. The quantitative estimate of drug-likeness (QED) is 0.580. The van der Waals surface area contributed by atoms with Crippen LogP contribution < -0.4 is 0 Å². The van der Waals surface area contributed by atoms with Crippen LogP contribution in [-0.4, -0.2) is 29.5 Å². The van der Waals surface area contributed by atoms with Crippen LogP contribution >= 0.6 is 11.8 Å². The molecule has 0 bridgehead atoms. The van der Waals surface area contributed by atoms with Crippen LogP contribution in [-0.2, 0) is 4.74 Å². The molecular formula is C9H17NOS. The molecule has 0 amide bonds. The van der Waals surface area contributed by atoms with Crippen molar-refractivity contribution >= 4 is 16.8 Å². The van der Waals surface area contributed by atoms with Crippen molar-refractivity contribution in [3.63, 3.8) is 0 Å². The second-order valence-corrected chi connectivity index (χ2v) is 4.17. The molecule has 1 saturated heterocycles. The van der Waals surface area contributed by atoms with Crippen LogP contribution in [0, 0.1) is 0 Å². The molecule has 0 N–H and O–H groups in total. The summed E-state index contributed by atoms with van der Waals surface area (Å²) in [5.74, 6) is 0. The number of hydrogen-bond acceptors (Lipinski definition) is 3. The minimum atomic E-state index is 0.471. The third-order valence-corrected chi connectivity index (χ3v) is 3.23. The molecule has 70 valence electrons. The molecule has 2 atom stereocenters. The molecule has 2 aliphatic heterocycles. The molecule has 2 aliphatic rings. The SMILES string of the molecule is CC.CC1=NC2COCCC2S1. The van der Waals surface area contributed by atoms with Crippen molar-refractivity contribution in [1.82, 2.24) is 0 Å². The summed E-state index contributed by atoms with van der Waals surface area (Å²) in [5, 5.41) is 1.97. The molecule has 0 saturated carbocycles. The van der Waals surface area contributed by atoms with Crippen LogP contribution in [0.4, 0.5) is 0 Å². The molecule has 3 heteroatoms. The van der Waals surface area contributed by atoms with Crippen LogP contribution in [0.2, 0.25) is 0 Å². The van der Waals surface area contributed by atoms with E-state index in [4.69, 9.17) is 4.74 Å². The lowest BCUT2D eigenvalue weighted by Gasteiger charge is -2.22. The zero-order chi connectivity index (χ0) is 8.97.